The van der Waals surface area contributed by atoms with E-state index in [0.717, 1.165) is 51.4 Å². The molecule has 0 aromatic carbocycles. The molecule has 6 unspecified atom stereocenters. The summed E-state index contributed by atoms with van der Waals surface area (Å²) in [5, 5.41) is 59.5. The number of carbonyl (C=O) groups is 4. The molecule has 0 aliphatic rings. The van der Waals surface area contributed by atoms with E-state index in [4.69, 9.17) is 0 Å². The van der Waals surface area contributed by atoms with E-state index in [1.54, 1.807) is 27.7 Å². The van der Waals surface area contributed by atoms with Crippen LogP contribution >= 0.6 is 0 Å². The summed E-state index contributed by atoms with van der Waals surface area (Å²) in [6, 6.07) is 0. The third-order valence-electron chi connectivity index (χ3n) is 8.58. The number of hydrogen-bond acceptors (Lipinski definition) is 8. The van der Waals surface area contributed by atoms with Crippen LogP contribution in [0.5, 0.6) is 0 Å². The monoisotopic (exact) mass is 726 g/mol. The van der Waals surface area contributed by atoms with Gasteiger partial charge in [-0.05, 0) is 51.7 Å². The quantitative estimate of drug-likeness (QED) is 0.0528. The van der Waals surface area contributed by atoms with Gasteiger partial charge in [0.15, 0.2) is 0 Å². The Labute approximate surface area is 325 Å². The zero-order valence-electron chi connectivity index (χ0n) is 31.2. The molecule has 0 spiro atoms. The Hall–Kier alpha value is -1.54. The van der Waals surface area contributed by atoms with Crippen LogP contribution < -0.4 is 10.2 Å². The number of carboxylic acids is 4. The zero-order chi connectivity index (χ0) is 37.2. The van der Waals surface area contributed by atoms with E-state index in [2.05, 4.69) is 13.8 Å². The fourth-order valence-corrected chi connectivity index (χ4v) is 5.77. The van der Waals surface area contributed by atoms with Crippen molar-refractivity contribution < 1.29 is 58.8 Å². The molecule has 0 bridgehead atoms. The Bertz CT molecular complexity index is 855. The molecular formula is C36H66CaN2O10+2. The maximum Gasteiger partial charge on any atom is 2.00 e. The van der Waals surface area contributed by atoms with Crippen LogP contribution in [0.4, 0.5) is 0 Å². The number of unbranched alkanes of at least 4 members (excludes halogenated alkanes) is 8. The van der Waals surface area contributed by atoms with E-state index in [0.29, 0.717) is 13.1 Å². The van der Waals surface area contributed by atoms with Crippen LogP contribution in [-0.2, 0) is 19.2 Å². The molecule has 0 rings (SSSR count). The first-order valence-corrected chi connectivity index (χ1v) is 17.7. The molecule has 0 saturated heterocycles. The van der Waals surface area contributed by atoms with Crippen molar-refractivity contribution in [2.75, 3.05) is 52.5 Å². The van der Waals surface area contributed by atoms with Gasteiger partial charge in [-0.25, -0.2) is 0 Å². The summed E-state index contributed by atoms with van der Waals surface area (Å²) in [5.41, 5.74) is 0. The van der Waals surface area contributed by atoms with Crippen LogP contribution in [0, 0.1) is 23.7 Å². The van der Waals surface area contributed by atoms with Crippen molar-refractivity contribution in [3.8, 4) is 0 Å². The van der Waals surface area contributed by atoms with Crippen molar-refractivity contribution in [3.05, 3.63) is 24.6 Å². The number of aliphatic hydroxyl groups is 2. The molecule has 0 aromatic heterocycles. The Balaban J connectivity index is -0.000000846. The fourth-order valence-electron chi connectivity index (χ4n) is 5.77. The van der Waals surface area contributed by atoms with Crippen LogP contribution in [0.2, 0.25) is 0 Å². The minimum atomic E-state index is -1.16. The van der Waals surface area contributed by atoms with Gasteiger partial charge >= 0.3 is 49.7 Å². The van der Waals surface area contributed by atoms with Crippen LogP contribution in [0.1, 0.15) is 106 Å². The maximum absolute atomic E-state index is 11.2. The summed E-state index contributed by atoms with van der Waals surface area (Å²) >= 11 is 0. The van der Waals surface area contributed by atoms with Crippen LogP contribution in [0.3, 0.4) is 0 Å². The molecule has 280 valence electrons. The van der Waals surface area contributed by atoms with Gasteiger partial charge in [-0.3, -0.25) is 18.6 Å². The molecule has 0 saturated carbocycles. The summed E-state index contributed by atoms with van der Waals surface area (Å²) in [6.45, 7) is 11.9. The van der Waals surface area contributed by atoms with Crippen molar-refractivity contribution in [1.29, 1.82) is 0 Å². The number of allylic oxidation sites excluding steroid dienone is 2. The van der Waals surface area contributed by atoms with E-state index >= 15 is 0 Å². The third-order valence-corrected chi connectivity index (χ3v) is 8.58. The molecule has 0 radical (unpaired) electrons. The topological polar surface area (TPSA) is 195 Å². The first kappa shape index (κ1) is 51.8. The first-order chi connectivity index (χ1) is 22.6. The predicted molar refractivity (Wildman–Crippen MR) is 187 cm³/mol. The number of rotatable bonds is 28. The molecule has 12 nitrogen and oxygen atoms in total. The van der Waals surface area contributed by atoms with Gasteiger partial charge < -0.3 is 40.2 Å². The maximum atomic E-state index is 11.2. The Kier molecular flexibility index (Phi) is 31.9. The fraction of sp³-hybridized carbons (Fsp3) is 0.778. The summed E-state index contributed by atoms with van der Waals surface area (Å²) in [5.74, 6) is -6.86. The summed E-state index contributed by atoms with van der Waals surface area (Å²) in [4.78, 5) is 44.7. The Morgan fingerprint density at radius 2 is 0.878 bits per heavy atom. The molecule has 4 N–H and O–H groups in total. The number of aliphatic carboxylic acids is 4. The van der Waals surface area contributed by atoms with Crippen LogP contribution in [-0.4, -0.2) is 143 Å². The Morgan fingerprint density at radius 3 is 1.12 bits per heavy atom. The number of nitrogens with zero attached hydrogens (tertiary/aromatic N) is 2. The smallest absolute Gasteiger partial charge is 0.550 e. The molecule has 0 aliphatic heterocycles. The summed E-state index contributed by atoms with van der Waals surface area (Å²) in [6.07, 6.45) is 18.5. The largest absolute Gasteiger partial charge is 2.00 e. The molecule has 13 heteroatoms. The van der Waals surface area contributed by atoms with Crippen molar-refractivity contribution in [1.82, 2.24) is 0 Å². The van der Waals surface area contributed by atoms with E-state index < -0.39 is 47.5 Å². The van der Waals surface area contributed by atoms with Gasteiger partial charge in [-0.15, -0.1) is 0 Å². The van der Waals surface area contributed by atoms with Gasteiger partial charge in [0, 0.05) is 23.8 Å². The van der Waals surface area contributed by atoms with Gasteiger partial charge in [0.05, 0.1) is 51.8 Å². The summed E-state index contributed by atoms with van der Waals surface area (Å²) in [7, 11) is 0. The normalized spacial score (nSPS) is 16.3. The van der Waals surface area contributed by atoms with Gasteiger partial charge in [0.25, 0.3) is 0 Å². The van der Waals surface area contributed by atoms with Gasteiger partial charge in [0.1, 0.15) is 24.9 Å². The van der Waals surface area contributed by atoms with Gasteiger partial charge in [-0.1, -0.05) is 66.2 Å². The standard InChI is InChI=1S/2C18H33NO5.Ca/c2*1-4-5-6-7-8-9-10-19(11-12-20,13-15(2)17(21)22)14-16(3)18(23)24;/h2*9-10,15-16,20H,4-8,11-14H2,1-3H3,(H-,21,22,23,24);/q;;+2/b2*10-9+;. The summed E-state index contributed by atoms with van der Waals surface area (Å²) < 4.78 is 0.291. The van der Waals surface area contributed by atoms with Gasteiger partial charge in [-0.2, -0.15) is 0 Å². The van der Waals surface area contributed by atoms with E-state index in [1.807, 2.05) is 24.6 Å². The van der Waals surface area contributed by atoms with Crippen molar-refractivity contribution in [3.63, 3.8) is 0 Å². The van der Waals surface area contributed by atoms with E-state index in [9.17, 15) is 49.8 Å². The second-order valence-corrected chi connectivity index (χ2v) is 13.4. The molecule has 0 aliphatic carbocycles. The molecule has 0 heterocycles. The Morgan fingerprint density at radius 1 is 0.571 bits per heavy atom. The average molecular weight is 727 g/mol. The van der Waals surface area contributed by atoms with Crippen LogP contribution in [0.25, 0.3) is 0 Å². The third kappa shape index (κ3) is 25.1. The zero-order valence-corrected chi connectivity index (χ0v) is 33.4. The second kappa shape index (κ2) is 30.1. The number of carbonyl (C=O) groups excluding carboxylic acids is 2. The molecule has 0 aromatic rings. The number of carboxylic acid groups (broad SMARTS) is 4. The molecule has 0 amide bonds. The molecule has 0 fully saturated rings. The number of aliphatic hydroxyl groups excluding tert-OH is 2. The minimum absolute atomic E-state index is 0. The van der Waals surface area contributed by atoms with Crippen molar-refractivity contribution >= 4 is 61.6 Å². The van der Waals surface area contributed by atoms with Crippen molar-refractivity contribution in [2.45, 2.75) is 106 Å². The molecule has 49 heavy (non-hydrogen) atoms. The SMILES string of the molecule is CCCCCC/C=C/[N+](CCO)(CC(C)C(=O)[O-])CC(C)C(=O)O.CCCCCC/C=C/[N+](CCO)(CC(C)C(=O)[O-])CC(C)C(=O)O.[Ca+2]. The number of hydrogen-bond donors (Lipinski definition) is 4. The minimum Gasteiger partial charge on any atom is -0.550 e. The van der Waals surface area contributed by atoms with E-state index in [1.165, 1.54) is 12.8 Å². The second-order valence-electron chi connectivity index (χ2n) is 13.4. The van der Waals surface area contributed by atoms with E-state index in [-0.39, 0.29) is 86.1 Å². The first-order valence-electron chi connectivity index (χ1n) is 17.7. The number of quaternary nitrogens is 2. The molecule has 6 atom stereocenters. The average Bonchev–Trinajstić information content (AvgIpc) is 3.00. The van der Waals surface area contributed by atoms with Crippen molar-refractivity contribution in [2.24, 2.45) is 23.7 Å². The van der Waals surface area contributed by atoms with Crippen LogP contribution in [0.15, 0.2) is 24.6 Å². The predicted octanol–water partition coefficient (Wildman–Crippen LogP) is 2.39. The molecular weight excluding hydrogens is 660 g/mol. The van der Waals surface area contributed by atoms with Gasteiger partial charge in [0.2, 0.25) is 0 Å².